The number of carboxylic acid groups (broad SMARTS) is 2. The van der Waals surface area contributed by atoms with Gasteiger partial charge in [-0.3, -0.25) is 0 Å². The number of benzene rings is 1. The molecule has 0 unspecified atom stereocenters. The summed E-state index contributed by atoms with van der Waals surface area (Å²) in [4.78, 5) is 20.8. The molecule has 0 fully saturated rings. The average Bonchev–Trinajstić information content (AvgIpc) is 2.17. The minimum atomic E-state index is -1.50. The first-order valence-corrected chi connectivity index (χ1v) is 4.26. The maximum atomic E-state index is 10.6. The van der Waals surface area contributed by atoms with E-state index in [1.807, 2.05) is 0 Å². The van der Waals surface area contributed by atoms with Crippen molar-refractivity contribution in [2.45, 2.75) is 6.42 Å². The maximum absolute atomic E-state index is 10.6. The van der Waals surface area contributed by atoms with Crippen molar-refractivity contribution in [3.05, 3.63) is 41.5 Å². The largest absolute Gasteiger partial charge is 0.550 e. The van der Waals surface area contributed by atoms with Crippen LogP contribution in [0.1, 0.15) is 12.0 Å². The molecule has 0 aliphatic rings. The average molecular weight is 204 g/mol. The zero-order valence-corrected chi connectivity index (χ0v) is 7.80. The smallest absolute Gasteiger partial charge is 0.0678 e. The first-order chi connectivity index (χ1) is 7.09. The van der Waals surface area contributed by atoms with E-state index in [1.165, 1.54) is 6.08 Å². The summed E-state index contributed by atoms with van der Waals surface area (Å²) in [5.41, 5.74) is 0.305. The standard InChI is InChI=1S/C11H10O4/c12-10(13)7-9(11(14)15)6-8-4-2-1-3-5-8/h1-6H,7H2,(H,12,13)(H,14,15)/p-2/b9-6-. The van der Waals surface area contributed by atoms with Crippen LogP contribution in [0.4, 0.5) is 0 Å². The summed E-state index contributed by atoms with van der Waals surface area (Å²) in [6.07, 6.45) is 0.600. The lowest BCUT2D eigenvalue weighted by molar-refractivity contribution is -0.309. The molecule has 0 radical (unpaired) electrons. The highest BCUT2D eigenvalue weighted by Crippen LogP contribution is 2.08. The van der Waals surface area contributed by atoms with E-state index in [1.54, 1.807) is 30.3 Å². The predicted octanol–water partition coefficient (Wildman–Crippen LogP) is -1.04. The molecule has 15 heavy (non-hydrogen) atoms. The van der Waals surface area contributed by atoms with Gasteiger partial charge >= 0.3 is 0 Å². The van der Waals surface area contributed by atoms with Gasteiger partial charge in [0.1, 0.15) is 0 Å². The Bertz CT molecular complexity index is 392. The minimum Gasteiger partial charge on any atom is -0.550 e. The van der Waals surface area contributed by atoms with E-state index in [4.69, 9.17) is 0 Å². The number of hydrogen-bond donors (Lipinski definition) is 0. The lowest BCUT2D eigenvalue weighted by Gasteiger charge is -2.09. The third kappa shape index (κ3) is 3.64. The molecule has 0 saturated heterocycles. The van der Waals surface area contributed by atoms with Crippen molar-refractivity contribution in [2.24, 2.45) is 0 Å². The van der Waals surface area contributed by atoms with Crippen LogP contribution in [-0.2, 0) is 9.59 Å². The van der Waals surface area contributed by atoms with Crippen molar-refractivity contribution in [3.8, 4) is 0 Å². The van der Waals surface area contributed by atoms with E-state index < -0.39 is 18.4 Å². The molecule has 0 N–H and O–H groups in total. The first kappa shape index (κ1) is 11.0. The van der Waals surface area contributed by atoms with Gasteiger partial charge in [0.05, 0.1) is 5.97 Å². The monoisotopic (exact) mass is 204 g/mol. The van der Waals surface area contributed by atoms with Crippen molar-refractivity contribution in [2.75, 3.05) is 0 Å². The molecular formula is C11H8O4-2. The lowest BCUT2D eigenvalue weighted by atomic mass is 10.1. The van der Waals surface area contributed by atoms with Crippen LogP contribution < -0.4 is 10.2 Å². The van der Waals surface area contributed by atoms with Gasteiger partial charge in [-0.05, 0) is 17.2 Å². The topological polar surface area (TPSA) is 80.3 Å². The van der Waals surface area contributed by atoms with E-state index in [2.05, 4.69) is 0 Å². The molecule has 0 atom stereocenters. The summed E-state index contributed by atoms with van der Waals surface area (Å²) in [7, 11) is 0. The van der Waals surface area contributed by atoms with E-state index in [0.29, 0.717) is 5.56 Å². The summed E-state index contributed by atoms with van der Waals surface area (Å²) in [6.45, 7) is 0. The molecule has 0 heterocycles. The third-order valence-electron chi connectivity index (χ3n) is 1.74. The fourth-order valence-electron chi connectivity index (χ4n) is 1.09. The Kier molecular flexibility index (Phi) is 3.62. The fourth-order valence-corrected chi connectivity index (χ4v) is 1.09. The van der Waals surface area contributed by atoms with Gasteiger partial charge in [-0.15, -0.1) is 0 Å². The van der Waals surface area contributed by atoms with Crippen molar-refractivity contribution in [1.82, 2.24) is 0 Å². The SMILES string of the molecule is O=C([O-])C/C(=C/c1ccccc1)C(=O)[O-]. The second-order valence-corrected chi connectivity index (χ2v) is 2.92. The highest BCUT2D eigenvalue weighted by Gasteiger charge is 1.99. The highest BCUT2D eigenvalue weighted by molar-refractivity contribution is 5.95. The Hall–Kier alpha value is -2.10. The lowest BCUT2D eigenvalue weighted by Crippen LogP contribution is -2.30. The molecule has 4 nitrogen and oxygen atoms in total. The second kappa shape index (κ2) is 4.95. The van der Waals surface area contributed by atoms with E-state index >= 15 is 0 Å². The molecule has 0 saturated carbocycles. The van der Waals surface area contributed by atoms with Crippen LogP contribution in [0.5, 0.6) is 0 Å². The molecule has 0 bridgehead atoms. The normalized spacial score (nSPS) is 11.1. The summed E-state index contributed by atoms with van der Waals surface area (Å²) >= 11 is 0. The van der Waals surface area contributed by atoms with Crippen LogP contribution in [0, 0.1) is 0 Å². The summed E-state index contributed by atoms with van der Waals surface area (Å²) in [6, 6.07) is 8.54. The van der Waals surface area contributed by atoms with Gasteiger partial charge in [0.2, 0.25) is 0 Å². The Labute approximate surface area is 86.5 Å². The quantitative estimate of drug-likeness (QED) is 0.587. The summed E-state index contributed by atoms with van der Waals surface area (Å²) in [5, 5.41) is 20.8. The molecule has 0 aromatic heterocycles. The number of rotatable bonds is 4. The van der Waals surface area contributed by atoms with Gasteiger partial charge in [0, 0.05) is 12.4 Å². The Morgan fingerprint density at radius 2 is 1.73 bits per heavy atom. The van der Waals surface area contributed by atoms with Crippen LogP contribution in [0.3, 0.4) is 0 Å². The molecule has 0 spiro atoms. The highest BCUT2D eigenvalue weighted by atomic mass is 16.4. The third-order valence-corrected chi connectivity index (χ3v) is 1.74. The molecule has 0 aliphatic heterocycles. The molecule has 1 rings (SSSR count). The Morgan fingerprint density at radius 1 is 1.13 bits per heavy atom. The van der Waals surface area contributed by atoms with Crippen molar-refractivity contribution in [3.63, 3.8) is 0 Å². The van der Waals surface area contributed by atoms with Gasteiger partial charge in [-0.25, -0.2) is 0 Å². The fraction of sp³-hybridized carbons (Fsp3) is 0.0909. The Morgan fingerprint density at radius 3 is 2.20 bits per heavy atom. The minimum absolute atomic E-state index is 0.304. The second-order valence-electron chi connectivity index (χ2n) is 2.92. The van der Waals surface area contributed by atoms with E-state index in [0.717, 1.165) is 0 Å². The van der Waals surface area contributed by atoms with Crippen LogP contribution in [0.25, 0.3) is 6.08 Å². The van der Waals surface area contributed by atoms with Crippen molar-refractivity contribution in [1.29, 1.82) is 0 Å². The van der Waals surface area contributed by atoms with Gasteiger partial charge < -0.3 is 19.8 Å². The van der Waals surface area contributed by atoms with Crippen LogP contribution >= 0.6 is 0 Å². The number of hydrogen-bond acceptors (Lipinski definition) is 4. The number of carboxylic acids is 2. The van der Waals surface area contributed by atoms with Gasteiger partial charge in [0.25, 0.3) is 0 Å². The molecule has 1 aromatic rings. The predicted molar refractivity (Wildman–Crippen MR) is 49.1 cm³/mol. The van der Waals surface area contributed by atoms with Crippen LogP contribution in [0.15, 0.2) is 35.9 Å². The molecule has 0 aliphatic carbocycles. The molecule has 78 valence electrons. The summed E-state index contributed by atoms with van der Waals surface area (Å²) in [5.74, 6) is -2.94. The van der Waals surface area contributed by atoms with Gasteiger partial charge in [-0.2, -0.15) is 0 Å². The number of aliphatic carboxylic acids is 2. The van der Waals surface area contributed by atoms with Crippen molar-refractivity contribution < 1.29 is 19.8 Å². The van der Waals surface area contributed by atoms with Crippen molar-refractivity contribution >= 4 is 18.0 Å². The molecular weight excluding hydrogens is 196 g/mol. The van der Waals surface area contributed by atoms with Crippen LogP contribution in [-0.4, -0.2) is 11.9 Å². The number of carbonyl (C=O) groups excluding carboxylic acids is 2. The van der Waals surface area contributed by atoms with Gasteiger partial charge in [0.15, 0.2) is 0 Å². The molecule has 0 amide bonds. The van der Waals surface area contributed by atoms with E-state index in [9.17, 15) is 19.8 Å². The van der Waals surface area contributed by atoms with Crippen LogP contribution in [0.2, 0.25) is 0 Å². The van der Waals surface area contributed by atoms with Gasteiger partial charge in [-0.1, -0.05) is 30.3 Å². The zero-order chi connectivity index (χ0) is 11.3. The zero-order valence-electron chi connectivity index (χ0n) is 7.80. The first-order valence-electron chi connectivity index (χ1n) is 4.26. The molecule has 4 heteroatoms. The van der Waals surface area contributed by atoms with E-state index in [-0.39, 0.29) is 5.57 Å². The molecule has 1 aromatic carbocycles. The Balaban J connectivity index is 2.94. The number of carbonyl (C=O) groups is 2. The maximum Gasteiger partial charge on any atom is 0.0678 e. The summed E-state index contributed by atoms with van der Waals surface area (Å²) < 4.78 is 0.